The summed E-state index contributed by atoms with van der Waals surface area (Å²) in [6.07, 6.45) is 9.73. The number of nitrogens with zero attached hydrogens (tertiary/aromatic N) is 3. The van der Waals surface area contributed by atoms with E-state index >= 15 is 0 Å². The molecular formula is C23H27Cl2N3O. The second-order valence-corrected chi connectivity index (χ2v) is 8.29. The predicted octanol–water partition coefficient (Wildman–Crippen LogP) is 6.80. The summed E-state index contributed by atoms with van der Waals surface area (Å²) in [6.45, 7) is 2.21. The summed E-state index contributed by atoms with van der Waals surface area (Å²) in [4.78, 5) is 21.7. The molecule has 0 radical (unpaired) electrons. The third-order valence-electron chi connectivity index (χ3n) is 5.28. The first-order valence-corrected chi connectivity index (χ1v) is 11.0. The lowest BCUT2D eigenvalue weighted by Gasteiger charge is -2.06. The Morgan fingerprint density at radius 1 is 1.07 bits per heavy atom. The van der Waals surface area contributed by atoms with Crippen LogP contribution in [0, 0.1) is 0 Å². The summed E-state index contributed by atoms with van der Waals surface area (Å²) in [7, 11) is 1.92. The smallest absolute Gasteiger partial charge is 0.164 e. The second kappa shape index (κ2) is 10.2. The van der Waals surface area contributed by atoms with Gasteiger partial charge >= 0.3 is 0 Å². The molecule has 29 heavy (non-hydrogen) atoms. The predicted molar refractivity (Wildman–Crippen MR) is 120 cm³/mol. The van der Waals surface area contributed by atoms with Crippen LogP contribution < -0.4 is 0 Å². The number of hydrogen-bond acceptors (Lipinski definition) is 3. The van der Waals surface area contributed by atoms with Crippen molar-refractivity contribution in [2.75, 3.05) is 0 Å². The number of imidazole rings is 1. The Bertz CT molecular complexity index is 977. The first-order valence-electron chi connectivity index (χ1n) is 10.3. The molecule has 0 atom stereocenters. The standard InChI is InChI=1S/C23H27Cl2N3O/c1-3-4-5-6-7-8-12-21(29)16-13-20-23(26-15-16)28(2)22(27-20)14-17-18(24)10-9-11-19(17)25/h9-11,13,15H,3-8,12,14H2,1-2H3. The fourth-order valence-electron chi connectivity index (χ4n) is 3.50. The van der Waals surface area contributed by atoms with E-state index in [-0.39, 0.29) is 5.78 Å². The highest BCUT2D eigenvalue weighted by molar-refractivity contribution is 6.36. The van der Waals surface area contributed by atoms with Crippen LogP contribution in [0.15, 0.2) is 30.5 Å². The largest absolute Gasteiger partial charge is 0.316 e. The van der Waals surface area contributed by atoms with Crippen LogP contribution in [0.4, 0.5) is 0 Å². The Morgan fingerprint density at radius 2 is 1.76 bits per heavy atom. The van der Waals surface area contributed by atoms with Crippen molar-refractivity contribution in [1.29, 1.82) is 0 Å². The number of Topliss-reactive ketones (excluding diaryl/α,β-unsaturated/α-hetero) is 1. The number of unbranched alkanes of at least 4 members (excludes halogenated alkanes) is 5. The molecular weight excluding hydrogens is 405 g/mol. The first kappa shape index (κ1) is 21.8. The molecule has 0 amide bonds. The van der Waals surface area contributed by atoms with Crippen molar-refractivity contribution in [2.24, 2.45) is 7.05 Å². The zero-order valence-corrected chi connectivity index (χ0v) is 18.6. The monoisotopic (exact) mass is 431 g/mol. The first-order chi connectivity index (χ1) is 14.0. The molecule has 0 unspecified atom stereocenters. The van der Waals surface area contributed by atoms with E-state index in [2.05, 4.69) is 11.9 Å². The van der Waals surface area contributed by atoms with Crippen molar-refractivity contribution in [1.82, 2.24) is 14.5 Å². The second-order valence-electron chi connectivity index (χ2n) is 7.47. The van der Waals surface area contributed by atoms with Crippen LogP contribution in [0.1, 0.15) is 73.6 Å². The van der Waals surface area contributed by atoms with Gasteiger partial charge in [-0.05, 0) is 30.2 Å². The van der Waals surface area contributed by atoms with E-state index in [1.807, 2.05) is 35.9 Å². The van der Waals surface area contributed by atoms with Crippen molar-refractivity contribution in [3.05, 3.63) is 57.5 Å². The van der Waals surface area contributed by atoms with Gasteiger partial charge in [0.05, 0.1) is 0 Å². The van der Waals surface area contributed by atoms with Crippen LogP contribution in [0.25, 0.3) is 11.2 Å². The van der Waals surface area contributed by atoms with Crippen LogP contribution in [0.5, 0.6) is 0 Å². The van der Waals surface area contributed by atoms with E-state index in [9.17, 15) is 4.79 Å². The summed E-state index contributed by atoms with van der Waals surface area (Å²) in [5, 5.41) is 1.24. The van der Waals surface area contributed by atoms with E-state index in [1.54, 1.807) is 6.20 Å². The minimum atomic E-state index is 0.135. The Balaban J connectivity index is 1.71. The molecule has 6 heteroatoms. The number of aromatic nitrogens is 3. The van der Waals surface area contributed by atoms with Crippen LogP contribution in [0.3, 0.4) is 0 Å². The van der Waals surface area contributed by atoms with Gasteiger partial charge in [-0.2, -0.15) is 0 Å². The fourth-order valence-corrected chi connectivity index (χ4v) is 4.03. The highest BCUT2D eigenvalue weighted by Crippen LogP contribution is 2.27. The molecule has 4 nitrogen and oxygen atoms in total. The number of pyridine rings is 1. The maximum absolute atomic E-state index is 12.5. The number of benzene rings is 1. The van der Waals surface area contributed by atoms with Gasteiger partial charge in [-0.15, -0.1) is 0 Å². The zero-order chi connectivity index (χ0) is 20.8. The van der Waals surface area contributed by atoms with E-state index in [1.165, 1.54) is 25.7 Å². The van der Waals surface area contributed by atoms with Gasteiger partial charge in [-0.1, -0.05) is 68.3 Å². The molecule has 0 aliphatic rings. The van der Waals surface area contributed by atoms with Gasteiger partial charge in [0.2, 0.25) is 0 Å². The molecule has 1 aromatic carbocycles. The maximum atomic E-state index is 12.5. The molecule has 0 saturated heterocycles. The Hall–Kier alpha value is -1.91. The fraction of sp³-hybridized carbons (Fsp3) is 0.435. The van der Waals surface area contributed by atoms with Gasteiger partial charge in [-0.3, -0.25) is 4.79 Å². The lowest BCUT2D eigenvalue weighted by molar-refractivity contribution is 0.0979. The Kier molecular flexibility index (Phi) is 7.68. The van der Waals surface area contributed by atoms with E-state index in [4.69, 9.17) is 28.2 Å². The quantitative estimate of drug-likeness (QED) is 0.262. The Labute approximate surface area is 182 Å². The van der Waals surface area contributed by atoms with Crippen molar-refractivity contribution in [3.8, 4) is 0 Å². The number of hydrogen-bond donors (Lipinski definition) is 0. The molecule has 0 N–H and O–H groups in total. The third-order valence-corrected chi connectivity index (χ3v) is 5.99. The van der Waals surface area contributed by atoms with Gasteiger partial charge in [0, 0.05) is 41.7 Å². The molecule has 2 heterocycles. The van der Waals surface area contributed by atoms with Gasteiger partial charge in [0.15, 0.2) is 11.4 Å². The van der Waals surface area contributed by atoms with Gasteiger partial charge in [-0.25, -0.2) is 9.97 Å². The normalized spacial score (nSPS) is 11.3. The van der Waals surface area contributed by atoms with Crippen LogP contribution >= 0.6 is 23.2 Å². The number of rotatable bonds is 10. The van der Waals surface area contributed by atoms with Gasteiger partial charge in [0.25, 0.3) is 0 Å². The molecule has 3 rings (SSSR count). The highest BCUT2D eigenvalue weighted by atomic mass is 35.5. The molecule has 0 saturated carbocycles. The molecule has 0 aliphatic carbocycles. The molecule has 154 valence electrons. The van der Waals surface area contributed by atoms with Gasteiger partial charge in [0.1, 0.15) is 11.3 Å². The number of carbonyl (C=O) groups excluding carboxylic acids is 1. The molecule has 3 aromatic rings. The van der Waals surface area contributed by atoms with Crippen LogP contribution in [0.2, 0.25) is 10.0 Å². The van der Waals surface area contributed by atoms with E-state index in [0.717, 1.165) is 35.4 Å². The number of fused-ring (bicyclic) bond motifs is 1. The molecule has 2 aromatic heterocycles. The molecule has 0 bridgehead atoms. The molecule has 0 aliphatic heterocycles. The number of carbonyl (C=O) groups is 1. The minimum absolute atomic E-state index is 0.135. The topological polar surface area (TPSA) is 47.8 Å². The molecule has 0 fully saturated rings. The van der Waals surface area contributed by atoms with E-state index in [0.29, 0.717) is 28.5 Å². The van der Waals surface area contributed by atoms with Crippen molar-refractivity contribution in [2.45, 2.75) is 58.3 Å². The third kappa shape index (κ3) is 5.37. The van der Waals surface area contributed by atoms with Crippen molar-refractivity contribution in [3.63, 3.8) is 0 Å². The number of aryl methyl sites for hydroxylation is 1. The summed E-state index contributed by atoms with van der Waals surface area (Å²) < 4.78 is 1.93. The highest BCUT2D eigenvalue weighted by Gasteiger charge is 2.15. The summed E-state index contributed by atoms with van der Waals surface area (Å²) in [5.41, 5.74) is 2.94. The van der Waals surface area contributed by atoms with Crippen LogP contribution in [-0.4, -0.2) is 20.3 Å². The lowest BCUT2D eigenvalue weighted by atomic mass is 10.0. The zero-order valence-electron chi connectivity index (χ0n) is 17.0. The average Bonchev–Trinajstić information content (AvgIpc) is 3.02. The average molecular weight is 432 g/mol. The minimum Gasteiger partial charge on any atom is -0.316 e. The van der Waals surface area contributed by atoms with Gasteiger partial charge < -0.3 is 4.57 Å². The molecule has 0 spiro atoms. The number of halogens is 2. The summed E-state index contributed by atoms with van der Waals surface area (Å²) in [5.74, 6) is 0.944. The SMILES string of the molecule is CCCCCCCCC(=O)c1cnc2c(c1)nc(Cc1c(Cl)cccc1Cl)n2C. The lowest BCUT2D eigenvalue weighted by Crippen LogP contribution is -2.02. The van der Waals surface area contributed by atoms with Crippen molar-refractivity contribution < 1.29 is 4.79 Å². The van der Waals surface area contributed by atoms with E-state index < -0.39 is 0 Å². The maximum Gasteiger partial charge on any atom is 0.164 e. The van der Waals surface area contributed by atoms with Crippen LogP contribution in [-0.2, 0) is 13.5 Å². The summed E-state index contributed by atoms with van der Waals surface area (Å²) >= 11 is 12.6. The van der Waals surface area contributed by atoms with Crippen molar-refractivity contribution >= 4 is 40.1 Å². The summed E-state index contributed by atoms with van der Waals surface area (Å²) in [6, 6.07) is 7.32. The Morgan fingerprint density at radius 3 is 2.48 bits per heavy atom. The number of ketones is 1.